The van der Waals surface area contributed by atoms with Crippen LogP contribution in [-0.2, 0) is 9.47 Å². The third-order valence-electron chi connectivity index (χ3n) is 2.97. The molecule has 1 fully saturated rings. The molecule has 5 heteroatoms. The van der Waals surface area contributed by atoms with Crippen LogP contribution in [0.3, 0.4) is 0 Å². The van der Waals surface area contributed by atoms with Crippen LogP contribution in [0.4, 0.5) is 4.79 Å². The van der Waals surface area contributed by atoms with Crippen molar-refractivity contribution < 1.29 is 19.4 Å². The van der Waals surface area contributed by atoms with Crippen molar-refractivity contribution in [3.8, 4) is 0 Å². The van der Waals surface area contributed by atoms with Crippen LogP contribution in [0, 0.1) is 0 Å². The first kappa shape index (κ1) is 15.2. The highest BCUT2D eigenvalue weighted by Crippen LogP contribution is 2.31. The minimum Gasteiger partial charge on any atom is -0.444 e. The summed E-state index contributed by atoms with van der Waals surface area (Å²) in [5.74, 6) is 0. The Morgan fingerprint density at radius 3 is 2.56 bits per heavy atom. The van der Waals surface area contributed by atoms with E-state index in [0.717, 1.165) is 0 Å². The highest BCUT2D eigenvalue weighted by atomic mass is 16.6. The summed E-state index contributed by atoms with van der Waals surface area (Å²) in [6, 6.07) is -0.347. The maximum absolute atomic E-state index is 12.2. The highest BCUT2D eigenvalue weighted by molar-refractivity contribution is 5.69. The Labute approximate surface area is 109 Å². The maximum Gasteiger partial charge on any atom is 0.412 e. The van der Waals surface area contributed by atoms with Crippen molar-refractivity contribution in [3.05, 3.63) is 0 Å². The van der Waals surface area contributed by atoms with Crippen molar-refractivity contribution in [2.45, 2.75) is 71.4 Å². The Hall–Kier alpha value is -0.810. The zero-order valence-corrected chi connectivity index (χ0v) is 12.2. The summed E-state index contributed by atoms with van der Waals surface area (Å²) in [4.78, 5) is 13.7. The fourth-order valence-electron chi connectivity index (χ4n) is 2.05. The SMILES string of the molecule is CC[C@@H](O)C1COC(C)(C)N1C(=O)OC(C)(C)C. The summed E-state index contributed by atoms with van der Waals surface area (Å²) in [6.45, 7) is 11.3. The van der Waals surface area contributed by atoms with Gasteiger partial charge >= 0.3 is 6.09 Å². The van der Waals surface area contributed by atoms with Gasteiger partial charge in [-0.1, -0.05) is 6.92 Å². The van der Waals surface area contributed by atoms with E-state index in [0.29, 0.717) is 13.0 Å². The lowest BCUT2D eigenvalue weighted by atomic mass is 10.1. The third kappa shape index (κ3) is 3.36. The number of carbonyl (C=O) groups is 1. The fraction of sp³-hybridized carbons (Fsp3) is 0.923. The number of hydrogen-bond donors (Lipinski definition) is 1. The first-order valence-corrected chi connectivity index (χ1v) is 6.43. The standard InChI is InChI=1S/C13H25NO4/c1-7-10(15)9-8-17-13(5,6)14(9)11(16)18-12(2,3)4/h9-10,15H,7-8H2,1-6H3/t9?,10-/m1/s1. The van der Waals surface area contributed by atoms with Crippen LogP contribution in [0.15, 0.2) is 0 Å². The molecule has 0 radical (unpaired) electrons. The molecule has 1 rings (SSSR count). The molecular formula is C13H25NO4. The van der Waals surface area contributed by atoms with Gasteiger partial charge in [-0.3, -0.25) is 4.90 Å². The molecule has 1 saturated heterocycles. The van der Waals surface area contributed by atoms with Crippen molar-refractivity contribution in [1.82, 2.24) is 4.90 Å². The van der Waals surface area contributed by atoms with E-state index in [4.69, 9.17) is 9.47 Å². The van der Waals surface area contributed by atoms with Crippen LogP contribution in [0.1, 0.15) is 48.0 Å². The smallest absolute Gasteiger partial charge is 0.412 e. The van der Waals surface area contributed by atoms with E-state index in [2.05, 4.69) is 0 Å². The predicted octanol–water partition coefficient (Wildman–Crippen LogP) is 2.13. The molecular weight excluding hydrogens is 234 g/mol. The Kier molecular flexibility index (Phi) is 4.28. The summed E-state index contributed by atoms with van der Waals surface area (Å²) in [5.41, 5.74) is -1.30. The fourth-order valence-corrected chi connectivity index (χ4v) is 2.05. The van der Waals surface area contributed by atoms with Gasteiger partial charge in [-0.15, -0.1) is 0 Å². The number of hydrogen-bond acceptors (Lipinski definition) is 4. The molecule has 5 nitrogen and oxygen atoms in total. The largest absolute Gasteiger partial charge is 0.444 e. The zero-order valence-electron chi connectivity index (χ0n) is 12.2. The predicted molar refractivity (Wildman–Crippen MR) is 68.2 cm³/mol. The van der Waals surface area contributed by atoms with E-state index >= 15 is 0 Å². The number of aliphatic hydroxyl groups is 1. The van der Waals surface area contributed by atoms with Gasteiger partial charge in [0.25, 0.3) is 0 Å². The molecule has 0 bridgehead atoms. The summed E-state index contributed by atoms with van der Waals surface area (Å²) in [5, 5.41) is 9.98. The number of ether oxygens (including phenoxy) is 2. The molecule has 1 N–H and O–H groups in total. The molecule has 0 saturated carbocycles. The number of aliphatic hydroxyl groups excluding tert-OH is 1. The van der Waals surface area contributed by atoms with E-state index in [-0.39, 0.29) is 6.04 Å². The van der Waals surface area contributed by atoms with Crippen LogP contribution < -0.4 is 0 Å². The molecule has 0 aromatic heterocycles. The van der Waals surface area contributed by atoms with E-state index in [9.17, 15) is 9.90 Å². The second-order valence-electron chi connectivity index (χ2n) is 6.15. The summed E-state index contributed by atoms with van der Waals surface area (Å²) < 4.78 is 11.0. The Morgan fingerprint density at radius 2 is 2.11 bits per heavy atom. The molecule has 106 valence electrons. The van der Waals surface area contributed by atoms with Gasteiger partial charge in [-0.2, -0.15) is 0 Å². The van der Waals surface area contributed by atoms with Crippen molar-refractivity contribution in [3.63, 3.8) is 0 Å². The molecule has 0 spiro atoms. The summed E-state index contributed by atoms with van der Waals surface area (Å²) in [7, 11) is 0. The van der Waals surface area contributed by atoms with Gasteiger partial charge in [-0.05, 0) is 41.0 Å². The highest BCUT2D eigenvalue weighted by Gasteiger charge is 2.47. The van der Waals surface area contributed by atoms with Gasteiger partial charge in [0.05, 0.1) is 18.8 Å². The lowest BCUT2D eigenvalue weighted by Gasteiger charge is -2.36. The third-order valence-corrected chi connectivity index (χ3v) is 2.97. The van der Waals surface area contributed by atoms with Crippen LogP contribution in [0.25, 0.3) is 0 Å². The van der Waals surface area contributed by atoms with Gasteiger partial charge in [0, 0.05) is 0 Å². The number of carbonyl (C=O) groups excluding carboxylic acids is 1. The van der Waals surface area contributed by atoms with Crippen LogP contribution >= 0.6 is 0 Å². The molecule has 1 aliphatic heterocycles. The summed E-state index contributed by atoms with van der Waals surface area (Å²) >= 11 is 0. The Balaban J connectivity index is 2.88. The topological polar surface area (TPSA) is 59.0 Å². The van der Waals surface area contributed by atoms with Crippen molar-refractivity contribution >= 4 is 6.09 Å². The average Bonchev–Trinajstić information content (AvgIpc) is 2.50. The molecule has 1 heterocycles. The molecule has 1 aliphatic rings. The van der Waals surface area contributed by atoms with Crippen molar-refractivity contribution in [2.24, 2.45) is 0 Å². The lowest BCUT2D eigenvalue weighted by Crippen LogP contribution is -2.53. The molecule has 0 aliphatic carbocycles. The van der Waals surface area contributed by atoms with Crippen LogP contribution in [0.2, 0.25) is 0 Å². The average molecular weight is 259 g/mol. The second-order valence-corrected chi connectivity index (χ2v) is 6.15. The minimum atomic E-state index is -0.747. The van der Waals surface area contributed by atoms with Crippen LogP contribution in [0.5, 0.6) is 0 Å². The minimum absolute atomic E-state index is 0.335. The number of rotatable bonds is 2. The molecule has 18 heavy (non-hydrogen) atoms. The number of amides is 1. The molecule has 0 aromatic rings. The molecule has 0 aromatic carbocycles. The van der Waals surface area contributed by atoms with E-state index in [1.165, 1.54) is 4.90 Å². The van der Waals surface area contributed by atoms with Crippen molar-refractivity contribution in [2.75, 3.05) is 6.61 Å². The van der Waals surface area contributed by atoms with Gasteiger partial charge < -0.3 is 14.6 Å². The first-order valence-electron chi connectivity index (χ1n) is 6.43. The van der Waals surface area contributed by atoms with Gasteiger partial charge in [-0.25, -0.2) is 4.79 Å². The zero-order chi connectivity index (χ0) is 14.1. The van der Waals surface area contributed by atoms with Crippen molar-refractivity contribution in [1.29, 1.82) is 0 Å². The van der Waals surface area contributed by atoms with Gasteiger partial charge in [0.15, 0.2) is 0 Å². The molecule has 1 unspecified atom stereocenters. The van der Waals surface area contributed by atoms with Gasteiger partial charge in [0.1, 0.15) is 11.3 Å². The first-order chi connectivity index (χ1) is 8.08. The quantitative estimate of drug-likeness (QED) is 0.825. The second kappa shape index (κ2) is 5.05. The molecule has 1 amide bonds. The lowest BCUT2D eigenvalue weighted by molar-refractivity contribution is -0.0678. The number of nitrogens with zero attached hydrogens (tertiary/aromatic N) is 1. The van der Waals surface area contributed by atoms with E-state index in [1.54, 1.807) is 13.8 Å². The van der Waals surface area contributed by atoms with E-state index < -0.39 is 23.5 Å². The molecule has 2 atom stereocenters. The monoisotopic (exact) mass is 259 g/mol. The Bertz CT molecular complexity index is 309. The normalized spacial score (nSPS) is 25.1. The Morgan fingerprint density at radius 1 is 1.56 bits per heavy atom. The van der Waals surface area contributed by atoms with E-state index in [1.807, 2.05) is 27.7 Å². The summed E-state index contributed by atoms with van der Waals surface area (Å²) in [6.07, 6.45) is -0.467. The van der Waals surface area contributed by atoms with Gasteiger partial charge in [0.2, 0.25) is 0 Å². The van der Waals surface area contributed by atoms with Crippen LogP contribution in [-0.4, -0.2) is 46.2 Å². The maximum atomic E-state index is 12.2.